The summed E-state index contributed by atoms with van der Waals surface area (Å²) in [4.78, 5) is 29.0. The van der Waals surface area contributed by atoms with Crippen molar-refractivity contribution in [3.63, 3.8) is 0 Å². The number of carbonyl (C=O) groups is 2. The number of benzene rings is 3. The van der Waals surface area contributed by atoms with E-state index >= 15 is 0 Å². The van der Waals surface area contributed by atoms with E-state index in [0.717, 1.165) is 43.5 Å². The Hall–Kier alpha value is -3.50. The highest BCUT2D eigenvalue weighted by Crippen LogP contribution is 2.31. The summed E-state index contributed by atoms with van der Waals surface area (Å²) in [5.41, 5.74) is 4.12. The molecule has 4 aromatic rings. The van der Waals surface area contributed by atoms with E-state index in [-0.39, 0.29) is 17.3 Å². The van der Waals surface area contributed by atoms with E-state index in [1.807, 2.05) is 32.0 Å². The molecule has 0 radical (unpaired) electrons. The third-order valence-electron chi connectivity index (χ3n) is 4.92. The molecule has 0 saturated carbocycles. The minimum Gasteiger partial charge on any atom is -0.325 e. The third-order valence-corrected chi connectivity index (χ3v) is 7.08. The number of aryl methyl sites for hydroxylation is 2. The van der Waals surface area contributed by atoms with Crippen molar-refractivity contribution in [2.75, 3.05) is 21.7 Å². The van der Waals surface area contributed by atoms with E-state index in [1.165, 1.54) is 23.1 Å². The predicted octanol–water partition coefficient (Wildman–Crippen LogP) is 6.57. The number of nitrogens with zero attached hydrogens (tertiary/aromatic N) is 1. The summed E-state index contributed by atoms with van der Waals surface area (Å²) in [6, 6.07) is 13.2. The first-order valence-corrected chi connectivity index (χ1v) is 12.0. The van der Waals surface area contributed by atoms with Gasteiger partial charge in [0.25, 0.3) is 0 Å². The van der Waals surface area contributed by atoms with Gasteiger partial charge in [-0.1, -0.05) is 17.8 Å². The van der Waals surface area contributed by atoms with Crippen LogP contribution in [0.25, 0.3) is 10.2 Å². The van der Waals surface area contributed by atoms with Gasteiger partial charge in [0.15, 0.2) is 4.34 Å². The number of halogens is 2. The summed E-state index contributed by atoms with van der Waals surface area (Å²) in [5, 5.41) is 7.85. The zero-order chi connectivity index (χ0) is 24.2. The van der Waals surface area contributed by atoms with Gasteiger partial charge in [-0.3, -0.25) is 4.79 Å². The number of carbonyl (C=O) groups excluding carboxylic acids is 2. The van der Waals surface area contributed by atoms with Gasteiger partial charge < -0.3 is 16.0 Å². The summed E-state index contributed by atoms with van der Waals surface area (Å²) in [7, 11) is 0. The average molecular weight is 499 g/mol. The molecule has 6 nitrogen and oxygen atoms in total. The number of hydrogen-bond acceptors (Lipinski definition) is 5. The molecule has 0 atom stereocenters. The summed E-state index contributed by atoms with van der Waals surface area (Å²) >= 11 is 2.73. The van der Waals surface area contributed by atoms with Crippen molar-refractivity contribution >= 4 is 62.3 Å². The summed E-state index contributed by atoms with van der Waals surface area (Å²) in [6.07, 6.45) is 0. The van der Waals surface area contributed by atoms with Crippen LogP contribution in [0.1, 0.15) is 11.1 Å². The number of amides is 3. The van der Waals surface area contributed by atoms with Crippen molar-refractivity contribution in [2.24, 2.45) is 0 Å². The largest absolute Gasteiger partial charge is 0.325 e. The van der Waals surface area contributed by atoms with E-state index in [0.29, 0.717) is 11.8 Å². The van der Waals surface area contributed by atoms with Crippen molar-refractivity contribution in [1.29, 1.82) is 0 Å². The lowest BCUT2D eigenvalue weighted by Crippen LogP contribution is -2.20. The van der Waals surface area contributed by atoms with Crippen molar-refractivity contribution in [1.82, 2.24) is 4.98 Å². The van der Waals surface area contributed by atoms with Crippen LogP contribution in [0.4, 0.5) is 30.6 Å². The number of aromatic nitrogens is 1. The standard InChI is InChI=1S/C24H20F2N4O2S2/c1-13-3-5-16(9-14(13)2)27-22(31)12-33-24-30-20-8-6-17(11-21(20)34-24)28-23(32)29-19-7-4-15(25)10-18(19)26/h3-11H,12H2,1-2H3,(H,27,31)(H2,28,29,32). The molecular formula is C24H20F2N4O2S2. The molecule has 0 saturated heterocycles. The maximum atomic E-state index is 13.7. The minimum atomic E-state index is -0.865. The van der Waals surface area contributed by atoms with Crippen LogP contribution in [0.2, 0.25) is 0 Å². The Morgan fingerprint density at radius 3 is 2.44 bits per heavy atom. The molecule has 34 heavy (non-hydrogen) atoms. The number of anilines is 3. The molecule has 3 N–H and O–H groups in total. The summed E-state index contributed by atoms with van der Waals surface area (Å²) in [6.45, 7) is 4.01. The van der Waals surface area contributed by atoms with Gasteiger partial charge in [-0.2, -0.15) is 0 Å². The molecule has 0 fully saturated rings. The number of fused-ring (bicyclic) bond motifs is 1. The first-order valence-electron chi connectivity index (χ1n) is 10.2. The molecule has 0 aliphatic carbocycles. The van der Waals surface area contributed by atoms with E-state index in [1.54, 1.807) is 18.2 Å². The van der Waals surface area contributed by atoms with E-state index in [4.69, 9.17) is 0 Å². The highest BCUT2D eigenvalue weighted by atomic mass is 32.2. The Labute approximate surface area is 202 Å². The van der Waals surface area contributed by atoms with Gasteiger partial charge in [-0.05, 0) is 67.4 Å². The Bertz CT molecular complexity index is 1390. The fourth-order valence-corrected chi connectivity index (χ4v) is 4.97. The Balaban J connectivity index is 1.35. The van der Waals surface area contributed by atoms with Gasteiger partial charge in [0, 0.05) is 17.4 Å². The molecule has 0 aliphatic heterocycles. The molecule has 0 spiro atoms. The zero-order valence-corrected chi connectivity index (χ0v) is 19.9. The van der Waals surface area contributed by atoms with Gasteiger partial charge in [0.1, 0.15) is 11.6 Å². The average Bonchev–Trinajstić information content (AvgIpc) is 3.19. The van der Waals surface area contributed by atoms with Crippen molar-refractivity contribution in [2.45, 2.75) is 18.2 Å². The van der Waals surface area contributed by atoms with Crippen molar-refractivity contribution in [3.05, 3.63) is 77.4 Å². The second-order valence-corrected chi connectivity index (χ2v) is 9.75. The molecule has 1 heterocycles. The lowest BCUT2D eigenvalue weighted by atomic mass is 10.1. The van der Waals surface area contributed by atoms with Gasteiger partial charge in [0.2, 0.25) is 5.91 Å². The molecule has 0 bridgehead atoms. The second kappa shape index (κ2) is 10.2. The second-order valence-electron chi connectivity index (χ2n) is 7.50. The number of thioether (sulfide) groups is 1. The maximum Gasteiger partial charge on any atom is 0.323 e. The molecule has 4 rings (SSSR count). The molecule has 10 heteroatoms. The highest BCUT2D eigenvalue weighted by Gasteiger charge is 2.12. The van der Waals surface area contributed by atoms with Gasteiger partial charge >= 0.3 is 6.03 Å². The minimum absolute atomic E-state index is 0.125. The smallest absolute Gasteiger partial charge is 0.323 e. The Morgan fingerprint density at radius 2 is 1.68 bits per heavy atom. The van der Waals surface area contributed by atoms with Crippen LogP contribution in [0.3, 0.4) is 0 Å². The number of hydrogen-bond donors (Lipinski definition) is 3. The van der Waals surface area contributed by atoms with Gasteiger partial charge in [-0.15, -0.1) is 11.3 Å². The van der Waals surface area contributed by atoms with E-state index in [9.17, 15) is 18.4 Å². The topological polar surface area (TPSA) is 83.1 Å². The fraction of sp³-hybridized carbons (Fsp3) is 0.125. The number of urea groups is 1. The van der Waals surface area contributed by atoms with Crippen molar-refractivity contribution in [3.8, 4) is 0 Å². The van der Waals surface area contributed by atoms with Crippen LogP contribution in [-0.2, 0) is 4.79 Å². The van der Waals surface area contributed by atoms with Gasteiger partial charge in [-0.25, -0.2) is 18.6 Å². The SMILES string of the molecule is Cc1ccc(NC(=O)CSc2nc3ccc(NC(=O)Nc4ccc(F)cc4F)cc3s2)cc1C. The number of thiazole rings is 1. The zero-order valence-electron chi connectivity index (χ0n) is 18.2. The van der Waals surface area contributed by atoms with Crippen LogP contribution in [-0.4, -0.2) is 22.7 Å². The predicted molar refractivity (Wildman–Crippen MR) is 134 cm³/mol. The molecule has 3 aromatic carbocycles. The third kappa shape index (κ3) is 5.89. The lowest BCUT2D eigenvalue weighted by molar-refractivity contribution is -0.113. The van der Waals surface area contributed by atoms with Crippen molar-refractivity contribution < 1.29 is 18.4 Å². The van der Waals surface area contributed by atoms with Crippen LogP contribution >= 0.6 is 23.1 Å². The maximum absolute atomic E-state index is 13.7. The van der Waals surface area contributed by atoms with E-state index in [2.05, 4.69) is 20.9 Å². The Morgan fingerprint density at radius 1 is 0.912 bits per heavy atom. The van der Waals surface area contributed by atoms with E-state index < -0.39 is 17.7 Å². The van der Waals surface area contributed by atoms with Gasteiger partial charge in [0.05, 0.1) is 21.7 Å². The monoisotopic (exact) mass is 498 g/mol. The molecule has 0 unspecified atom stereocenters. The fourth-order valence-electron chi connectivity index (χ4n) is 3.06. The first-order chi connectivity index (χ1) is 16.3. The normalized spacial score (nSPS) is 10.8. The quantitative estimate of drug-likeness (QED) is 0.263. The molecule has 0 aliphatic rings. The van der Waals surface area contributed by atoms with Crippen LogP contribution in [0.5, 0.6) is 0 Å². The van der Waals surface area contributed by atoms with Crippen LogP contribution < -0.4 is 16.0 Å². The van der Waals surface area contributed by atoms with Crippen LogP contribution in [0.15, 0.2) is 58.9 Å². The van der Waals surface area contributed by atoms with Crippen LogP contribution in [0, 0.1) is 25.5 Å². The summed E-state index contributed by atoms with van der Waals surface area (Å²) < 4.78 is 28.3. The highest BCUT2D eigenvalue weighted by molar-refractivity contribution is 8.01. The number of nitrogens with one attached hydrogen (secondary N) is 3. The first kappa shape index (κ1) is 23.7. The molecule has 174 valence electrons. The Kier molecular flexibility index (Phi) is 7.09. The number of rotatable bonds is 6. The molecule has 3 amide bonds. The molecular weight excluding hydrogens is 478 g/mol. The molecule has 1 aromatic heterocycles. The lowest BCUT2D eigenvalue weighted by Gasteiger charge is -2.08. The summed E-state index contributed by atoms with van der Waals surface area (Å²) in [5.74, 6) is -1.50.